The van der Waals surface area contributed by atoms with Crippen LogP contribution in [0.5, 0.6) is 0 Å². The smallest absolute Gasteiger partial charge is 0.0110 e. The summed E-state index contributed by atoms with van der Waals surface area (Å²) in [5, 5.41) is 3.69. The summed E-state index contributed by atoms with van der Waals surface area (Å²) in [7, 11) is 2.21. The molecule has 0 aromatic rings. The summed E-state index contributed by atoms with van der Waals surface area (Å²) in [6, 6.07) is 1.19. The highest BCUT2D eigenvalue weighted by Crippen LogP contribution is 2.16. The number of hydrogen-bond acceptors (Lipinski definition) is 4. The molecule has 1 saturated heterocycles. The van der Waals surface area contributed by atoms with Crippen molar-refractivity contribution in [3.05, 3.63) is 0 Å². The van der Waals surface area contributed by atoms with Crippen molar-refractivity contribution in [1.29, 1.82) is 0 Å². The highest BCUT2D eigenvalue weighted by atomic mass is 15.2. The third kappa shape index (κ3) is 4.54. The number of likely N-dealkylation sites (N-methyl/N-ethyl adjacent to an activating group) is 1. The second kappa shape index (κ2) is 6.69. The van der Waals surface area contributed by atoms with E-state index in [0.717, 1.165) is 12.6 Å². The third-order valence-electron chi connectivity index (χ3n) is 4.23. The molecular formula is C13H28N4. The molecule has 0 bridgehead atoms. The fraction of sp³-hybridized carbons (Fsp3) is 1.00. The van der Waals surface area contributed by atoms with Gasteiger partial charge in [0, 0.05) is 51.4 Å². The Morgan fingerprint density at radius 3 is 2.35 bits per heavy atom. The standard InChI is InChI=1S/C13H28N4/c1-16-8-10-17(11-9-16)7-6-15-13-4-2-12(14)3-5-13/h12-13,15H,2-11,14H2,1H3. The number of hydrogen-bond donors (Lipinski definition) is 2. The van der Waals surface area contributed by atoms with Crippen LogP contribution in [-0.4, -0.2) is 68.2 Å². The van der Waals surface area contributed by atoms with Crippen molar-refractivity contribution in [3.63, 3.8) is 0 Å². The van der Waals surface area contributed by atoms with E-state index in [4.69, 9.17) is 5.73 Å². The van der Waals surface area contributed by atoms with Gasteiger partial charge in [0.2, 0.25) is 0 Å². The topological polar surface area (TPSA) is 44.5 Å². The molecule has 0 unspecified atom stereocenters. The van der Waals surface area contributed by atoms with Crippen LogP contribution >= 0.6 is 0 Å². The van der Waals surface area contributed by atoms with Crippen molar-refractivity contribution < 1.29 is 0 Å². The molecule has 0 atom stereocenters. The SMILES string of the molecule is CN1CCN(CCNC2CCC(N)CC2)CC1. The van der Waals surface area contributed by atoms with Crippen molar-refractivity contribution in [1.82, 2.24) is 15.1 Å². The van der Waals surface area contributed by atoms with Gasteiger partial charge in [0.25, 0.3) is 0 Å². The summed E-state index contributed by atoms with van der Waals surface area (Å²) in [6.45, 7) is 7.25. The molecule has 2 fully saturated rings. The van der Waals surface area contributed by atoms with Gasteiger partial charge in [-0.25, -0.2) is 0 Å². The number of nitrogens with zero attached hydrogens (tertiary/aromatic N) is 2. The van der Waals surface area contributed by atoms with E-state index in [-0.39, 0.29) is 0 Å². The lowest BCUT2D eigenvalue weighted by Gasteiger charge is -2.33. The van der Waals surface area contributed by atoms with Gasteiger partial charge in [-0.05, 0) is 32.7 Å². The van der Waals surface area contributed by atoms with Crippen LogP contribution in [-0.2, 0) is 0 Å². The Morgan fingerprint density at radius 2 is 1.71 bits per heavy atom. The molecule has 0 aromatic carbocycles. The van der Waals surface area contributed by atoms with Crippen molar-refractivity contribution in [2.75, 3.05) is 46.3 Å². The van der Waals surface area contributed by atoms with Crippen LogP contribution in [0.15, 0.2) is 0 Å². The molecule has 0 aromatic heterocycles. The molecule has 0 radical (unpaired) electrons. The molecule has 1 saturated carbocycles. The summed E-state index contributed by atoms with van der Waals surface area (Å²) in [4.78, 5) is 4.98. The Labute approximate surface area is 106 Å². The van der Waals surface area contributed by atoms with E-state index < -0.39 is 0 Å². The quantitative estimate of drug-likeness (QED) is 0.731. The molecule has 1 heterocycles. The Morgan fingerprint density at radius 1 is 1.06 bits per heavy atom. The van der Waals surface area contributed by atoms with E-state index >= 15 is 0 Å². The van der Waals surface area contributed by atoms with Crippen LogP contribution in [0.1, 0.15) is 25.7 Å². The van der Waals surface area contributed by atoms with Crippen LogP contribution in [0.2, 0.25) is 0 Å². The third-order valence-corrected chi connectivity index (χ3v) is 4.23. The Kier molecular flexibility index (Phi) is 5.22. The van der Waals surface area contributed by atoms with Gasteiger partial charge in [-0.3, -0.25) is 4.90 Å². The molecular weight excluding hydrogens is 212 g/mol. The van der Waals surface area contributed by atoms with Gasteiger partial charge in [0.1, 0.15) is 0 Å². The molecule has 1 aliphatic carbocycles. The normalized spacial score (nSPS) is 32.8. The van der Waals surface area contributed by atoms with E-state index in [1.165, 1.54) is 58.4 Å². The molecule has 1 aliphatic heterocycles. The van der Waals surface area contributed by atoms with Gasteiger partial charge in [0.15, 0.2) is 0 Å². The van der Waals surface area contributed by atoms with Gasteiger partial charge in [-0.15, -0.1) is 0 Å². The zero-order valence-corrected chi connectivity index (χ0v) is 11.2. The summed E-state index contributed by atoms with van der Waals surface area (Å²) in [6.07, 6.45) is 4.94. The average molecular weight is 240 g/mol. The fourth-order valence-electron chi connectivity index (χ4n) is 2.82. The van der Waals surface area contributed by atoms with Gasteiger partial charge in [-0.2, -0.15) is 0 Å². The summed E-state index contributed by atoms with van der Waals surface area (Å²) in [5.41, 5.74) is 5.91. The zero-order valence-electron chi connectivity index (χ0n) is 11.2. The lowest BCUT2D eigenvalue weighted by atomic mass is 9.92. The molecule has 17 heavy (non-hydrogen) atoms. The van der Waals surface area contributed by atoms with Crippen LogP contribution < -0.4 is 11.1 Å². The monoisotopic (exact) mass is 240 g/mol. The molecule has 0 amide bonds. The van der Waals surface area contributed by atoms with E-state index in [1.807, 2.05) is 0 Å². The minimum absolute atomic E-state index is 0.464. The average Bonchev–Trinajstić information content (AvgIpc) is 2.34. The molecule has 4 nitrogen and oxygen atoms in total. The van der Waals surface area contributed by atoms with Crippen LogP contribution in [0.25, 0.3) is 0 Å². The lowest BCUT2D eigenvalue weighted by Crippen LogP contribution is -2.47. The van der Waals surface area contributed by atoms with Gasteiger partial charge in [-0.1, -0.05) is 0 Å². The summed E-state index contributed by atoms with van der Waals surface area (Å²) in [5.74, 6) is 0. The first-order chi connectivity index (χ1) is 8.24. The molecule has 2 aliphatic rings. The lowest BCUT2D eigenvalue weighted by molar-refractivity contribution is 0.152. The predicted octanol–water partition coefficient (Wildman–Crippen LogP) is 0.0933. The molecule has 100 valence electrons. The number of piperazine rings is 1. The van der Waals surface area contributed by atoms with Gasteiger partial charge in [0.05, 0.1) is 0 Å². The van der Waals surface area contributed by atoms with E-state index in [0.29, 0.717) is 6.04 Å². The van der Waals surface area contributed by atoms with E-state index in [1.54, 1.807) is 0 Å². The van der Waals surface area contributed by atoms with Crippen molar-refractivity contribution in [2.24, 2.45) is 5.73 Å². The van der Waals surface area contributed by atoms with Crippen LogP contribution in [0.4, 0.5) is 0 Å². The Balaban J connectivity index is 1.54. The zero-order chi connectivity index (χ0) is 12.1. The first-order valence-corrected chi connectivity index (χ1v) is 7.14. The van der Waals surface area contributed by atoms with Crippen LogP contribution in [0, 0.1) is 0 Å². The Hall–Kier alpha value is -0.160. The first kappa shape index (κ1) is 13.3. The predicted molar refractivity (Wildman–Crippen MR) is 72.2 cm³/mol. The maximum atomic E-state index is 5.91. The number of rotatable bonds is 4. The van der Waals surface area contributed by atoms with Gasteiger partial charge >= 0.3 is 0 Å². The highest BCUT2D eigenvalue weighted by molar-refractivity contribution is 4.79. The summed E-state index contributed by atoms with van der Waals surface area (Å²) >= 11 is 0. The molecule has 2 rings (SSSR count). The minimum atomic E-state index is 0.464. The number of nitrogens with one attached hydrogen (secondary N) is 1. The van der Waals surface area contributed by atoms with Crippen molar-refractivity contribution >= 4 is 0 Å². The Bertz CT molecular complexity index is 183. The largest absolute Gasteiger partial charge is 0.328 e. The molecule has 3 N–H and O–H groups in total. The summed E-state index contributed by atoms with van der Waals surface area (Å²) < 4.78 is 0. The van der Waals surface area contributed by atoms with E-state index in [9.17, 15) is 0 Å². The maximum Gasteiger partial charge on any atom is 0.0110 e. The minimum Gasteiger partial charge on any atom is -0.328 e. The first-order valence-electron chi connectivity index (χ1n) is 7.14. The number of nitrogens with two attached hydrogens (primary N) is 1. The van der Waals surface area contributed by atoms with Crippen LogP contribution in [0.3, 0.4) is 0 Å². The van der Waals surface area contributed by atoms with Crippen molar-refractivity contribution in [2.45, 2.75) is 37.8 Å². The van der Waals surface area contributed by atoms with E-state index in [2.05, 4.69) is 22.2 Å². The van der Waals surface area contributed by atoms with Crippen molar-refractivity contribution in [3.8, 4) is 0 Å². The van der Waals surface area contributed by atoms with Gasteiger partial charge < -0.3 is 16.0 Å². The second-order valence-electron chi connectivity index (χ2n) is 5.71. The highest BCUT2D eigenvalue weighted by Gasteiger charge is 2.18. The maximum absolute atomic E-state index is 5.91. The molecule has 4 heteroatoms. The second-order valence-corrected chi connectivity index (χ2v) is 5.71. The molecule has 0 spiro atoms. The fourth-order valence-corrected chi connectivity index (χ4v) is 2.82.